The number of carboxylic acids is 1. The average Bonchev–Trinajstić information content (AvgIpc) is 2.68. The van der Waals surface area contributed by atoms with Gasteiger partial charge in [0.05, 0.1) is 12.6 Å². The van der Waals surface area contributed by atoms with Crippen LogP contribution in [0.2, 0.25) is 0 Å². The SMILES string of the molecule is CC(O)C(NC(=O)NCc1ncn(C)n1)C(=O)O. The molecule has 0 aromatic carbocycles. The highest BCUT2D eigenvalue weighted by Gasteiger charge is 2.24. The Hall–Kier alpha value is -2.16. The maximum absolute atomic E-state index is 11.4. The van der Waals surface area contributed by atoms with Crippen LogP contribution in [0.25, 0.3) is 0 Å². The van der Waals surface area contributed by atoms with Crippen molar-refractivity contribution in [1.82, 2.24) is 25.4 Å². The lowest BCUT2D eigenvalue weighted by Crippen LogP contribution is -2.51. The summed E-state index contributed by atoms with van der Waals surface area (Å²) in [5.41, 5.74) is 0. The smallest absolute Gasteiger partial charge is 0.328 e. The molecule has 9 heteroatoms. The van der Waals surface area contributed by atoms with Gasteiger partial charge in [-0.1, -0.05) is 0 Å². The lowest BCUT2D eigenvalue weighted by molar-refractivity contribution is -0.141. The van der Waals surface area contributed by atoms with E-state index >= 15 is 0 Å². The van der Waals surface area contributed by atoms with Crippen LogP contribution in [0.15, 0.2) is 6.33 Å². The Bertz CT molecular complexity index is 430. The van der Waals surface area contributed by atoms with E-state index in [2.05, 4.69) is 20.7 Å². The molecule has 1 aromatic rings. The molecule has 9 nitrogen and oxygen atoms in total. The lowest BCUT2D eigenvalue weighted by atomic mass is 10.2. The molecule has 0 bridgehead atoms. The average molecular weight is 257 g/mol. The standard InChI is InChI=1S/C9H15N5O4/c1-5(15)7(8(16)17)12-9(18)10-3-6-11-4-14(2)13-6/h4-5,7,15H,3H2,1-2H3,(H,16,17)(H2,10,12,18). The van der Waals surface area contributed by atoms with Gasteiger partial charge < -0.3 is 20.8 Å². The molecular formula is C9H15N5O4. The van der Waals surface area contributed by atoms with E-state index in [1.807, 2.05) is 0 Å². The first kappa shape index (κ1) is 13.9. The number of amides is 2. The van der Waals surface area contributed by atoms with Crippen LogP contribution in [0.1, 0.15) is 12.7 Å². The molecule has 0 spiro atoms. The van der Waals surface area contributed by atoms with Gasteiger partial charge >= 0.3 is 12.0 Å². The molecule has 2 atom stereocenters. The van der Waals surface area contributed by atoms with Gasteiger partial charge in [0.15, 0.2) is 11.9 Å². The maximum Gasteiger partial charge on any atom is 0.328 e. The van der Waals surface area contributed by atoms with Crippen molar-refractivity contribution in [1.29, 1.82) is 0 Å². The molecule has 4 N–H and O–H groups in total. The fourth-order valence-electron chi connectivity index (χ4n) is 1.21. The minimum atomic E-state index is -1.36. The summed E-state index contributed by atoms with van der Waals surface area (Å²) < 4.78 is 1.48. The third-order valence-electron chi connectivity index (χ3n) is 2.09. The summed E-state index contributed by atoms with van der Waals surface area (Å²) in [5, 5.41) is 26.4. The van der Waals surface area contributed by atoms with Gasteiger partial charge in [-0.25, -0.2) is 14.6 Å². The van der Waals surface area contributed by atoms with Gasteiger partial charge in [0, 0.05) is 7.05 Å². The summed E-state index contributed by atoms with van der Waals surface area (Å²) in [4.78, 5) is 26.0. The molecular weight excluding hydrogens is 242 g/mol. The number of carboxylic acid groups (broad SMARTS) is 1. The Labute approximate surface area is 103 Å². The molecule has 18 heavy (non-hydrogen) atoms. The van der Waals surface area contributed by atoms with Crippen molar-refractivity contribution in [2.75, 3.05) is 0 Å². The van der Waals surface area contributed by atoms with E-state index in [1.165, 1.54) is 17.9 Å². The van der Waals surface area contributed by atoms with Crippen molar-refractivity contribution in [3.05, 3.63) is 12.2 Å². The quantitative estimate of drug-likeness (QED) is 0.505. The first-order valence-corrected chi connectivity index (χ1v) is 5.20. The van der Waals surface area contributed by atoms with Gasteiger partial charge in [0.25, 0.3) is 0 Å². The maximum atomic E-state index is 11.4. The van der Waals surface area contributed by atoms with Crippen LogP contribution in [-0.2, 0) is 18.4 Å². The molecule has 1 heterocycles. The molecule has 0 aliphatic rings. The number of aromatic nitrogens is 3. The van der Waals surface area contributed by atoms with Crippen molar-refractivity contribution >= 4 is 12.0 Å². The zero-order valence-electron chi connectivity index (χ0n) is 9.99. The number of carbonyl (C=O) groups is 2. The monoisotopic (exact) mass is 257 g/mol. The molecule has 1 aromatic heterocycles. The van der Waals surface area contributed by atoms with Crippen LogP contribution in [0, 0.1) is 0 Å². The minimum Gasteiger partial charge on any atom is -0.480 e. The van der Waals surface area contributed by atoms with Crippen LogP contribution < -0.4 is 10.6 Å². The Balaban J connectivity index is 2.43. The number of aryl methyl sites for hydroxylation is 1. The topological polar surface area (TPSA) is 129 Å². The molecule has 1 rings (SSSR count). The second kappa shape index (κ2) is 5.96. The number of nitrogens with one attached hydrogen (secondary N) is 2. The number of nitrogens with zero attached hydrogens (tertiary/aromatic N) is 3. The zero-order chi connectivity index (χ0) is 13.7. The third kappa shape index (κ3) is 4.01. The number of hydrogen-bond donors (Lipinski definition) is 4. The van der Waals surface area contributed by atoms with E-state index in [-0.39, 0.29) is 6.54 Å². The van der Waals surface area contributed by atoms with E-state index in [9.17, 15) is 9.59 Å². The summed E-state index contributed by atoms with van der Waals surface area (Å²) >= 11 is 0. The molecule has 0 fully saturated rings. The Kier molecular flexibility index (Phi) is 4.60. The Morgan fingerprint density at radius 3 is 2.67 bits per heavy atom. The number of carbonyl (C=O) groups excluding carboxylic acids is 1. The number of aliphatic carboxylic acids is 1. The summed E-state index contributed by atoms with van der Waals surface area (Å²) in [6.07, 6.45) is 0.284. The fourth-order valence-corrected chi connectivity index (χ4v) is 1.21. The van der Waals surface area contributed by atoms with Crippen molar-refractivity contribution in [3.63, 3.8) is 0 Å². The normalized spacial score (nSPS) is 13.7. The molecule has 2 unspecified atom stereocenters. The van der Waals surface area contributed by atoms with E-state index in [1.54, 1.807) is 7.05 Å². The molecule has 0 aliphatic carbocycles. The highest BCUT2D eigenvalue weighted by Crippen LogP contribution is 1.93. The van der Waals surface area contributed by atoms with Crippen molar-refractivity contribution < 1.29 is 19.8 Å². The Morgan fingerprint density at radius 1 is 1.56 bits per heavy atom. The highest BCUT2D eigenvalue weighted by molar-refractivity contribution is 5.82. The van der Waals surface area contributed by atoms with Gasteiger partial charge in [-0.3, -0.25) is 4.68 Å². The third-order valence-corrected chi connectivity index (χ3v) is 2.09. The largest absolute Gasteiger partial charge is 0.480 e. The predicted molar refractivity (Wildman–Crippen MR) is 59.5 cm³/mol. The first-order chi connectivity index (χ1) is 8.40. The predicted octanol–water partition coefficient (Wildman–Crippen LogP) is -1.55. The molecule has 0 saturated heterocycles. The fraction of sp³-hybridized carbons (Fsp3) is 0.556. The summed E-state index contributed by atoms with van der Waals surface area (Å²) in [6, 6.07) is -2.07. The second-order valence-electron chi connectivity index (χ2n) is 3.72. The lowest BCUT2D eigenvalue weighted by Gasteiger charge is -2.16. The number of rotatable bonds is 5. The summed E-state index contributed by atoms with van der Waals surface area (Å²) in [6.45, 7) is 1.35. The van der Waals surface area contributed by atoms with E-state index < -0.39 is 24.1 Å². The number of aliphatic hydroxyl groups excluding tert-OH is 1. The second-order valence-corrected chi connectivity index (χ2v) is 3.72. The van der Waals surface area contributed by atoms with E-state index in [0.717, 1.165) is 0 Å². The summed E-state index contributed by atoms with van der Waals surface area (Å²) in [7, 11) is 1.68. The van der Waals surface area contributed by atoms with Crippen LogP contribution >= 0.6 is 0 Å². The number of hydrogen-bond acceptors (Lipinski definition) is 5. The Morgan fingerprint density at radius 2 is 2.22 bits per heavy atom. The van der Waals surface area contributed by atoms with Gasteiger partial charge in [-0.2, -0.15) is 5.10 Å². The minimum absolute atomic E-state index is 0.0683. The van der Waals surface area contributed by atoms with Gasteiger partial charge in [-0.05, 0) is 6.92 Å². The van der Waals surface area contributed by atoms with Crippen LogP contribution in [-0.4, -0.2) is 49.1 Å². The molecule has 0 saturated carbocycles. The van der Waals surface area contributed by atoms with Gasteiger partial charge in [-0.15, -0.1) is 0 Å². The first-order valence-electron chi connectivity index (χ1n) is 5.20. The van der Waals surface area contributed by atoms with Crippen LogP contribution in [0.3, 0.4) is 0 Å². The van der Waals surface area contributed by atoms with Gasteiger partial charge in [0.1, 0.15) is 6.33 Å². The van der Waals surface area contributed by atoms with E-state index in [4.69, 9.17) is 10.2 Å². The van der Waals surface area contributed by atoms with Crippen LogP contribution in [0.5, 0.6) is 0 Å². The number of aliphatic hydroxyl groups is 1. The molecule has 0 aliphatic heterocycles. The van der Waals surface area contributed by atoms with Gasteiger partial charge in [0.2, 0.25) is 0 Å². The highest BCUT2D eigenvalue weighted by atomic mass is 16.4. The van der Waals surface area contributed by atoms with Crippen LogP contribution in [0.4, 0.5) is 4.79 Å². The molecule has 100 valence electrons. The number of urea groups is 1. The summed E-state index contributed by atoms with van der Waals surface area (Å²) in [5.74, 6) is -0.910. The molecule has 0 radical (unpaired) electrons. The van der Waals surface area contributed by atoms with Crippen molar-refractivity contribution in [3.8, 4) is 0 Å². The van der Waals surface area contributed by atoms with Crippen molar-refractivity contribution in [2.24, 2.45) is 7.05 Å². The molecule has 2 amide bonds. The van der Waals surface area contributed by atoms with Crippen molar-refractivity contribution in [2.45, 2.75) is 25.6 Å². The zero-order valence-corrected chi connectivity index (χ0v) is 9.99. The van der Waals surface area contributed by atoms with E-state index in [0.29, 0.717) is 5.82 Å².